The Kier molecular flexibility index (Phi) is 3.63. The summed E-state index contributed by atoms with van der Waals surface area (Å²) in [6, 6.07) is 0. The van der Waals surface area contributed by atoms with Crippen LogP contribution in [0.15, 0.2) is 0 Å². The minimum Gasteiger partial charge on any atom is -0.323 e. The molecule has 0 saturated carbocycles. The van der Waals surface area contributed by atoms with E-state index in [4.69, 9.17) is 0 Å². The summed E-state index contributed by atoms with van der Waals surface area (Å²) in [6.07, 6.45) is -3.78. The van der Waals surface area contributed by atoms with Crippen molar-refractivity contribution in [3.63, 3.8) is 0 Å². The molecule has 0 atom stereocenters. The molecule has 7 heteroatoms. The smallest absolute Gasteiger partial charge is 0.323 e. The average molecular weight is 262 g/mol. The molecule has 2 heterocycles. The molecule has 0 bridgehead atoms. The molecule has 0 aliphatic carbocycles. The van der Waals surface area contributed by atoms with E-state index < -0.39 is 12.0 Å². The highest BCUT2D eigenvalue weighted by Gasteiger charge is 2.39. The Bertz CT molecular complexity index is 423. The maximum atomic E-state index is 12.9. The summed E-state index contributed by atoms with van der Waals surface area (Å²) < 4.78 is 40.2. The van der Waals surface area contributed by atoms with Gasteiger partial charge in [0, 0.05) is 38.3 Å². The van der Waals surface area contributed by atoms with E-state index in [1.807, 2.05) is 19.0 Å². The highest BCUT2D eigenvalue weighted by Crippen LogP contribution is 2.31. The molecular weight excluding hydrogens is 245 g/mol. The predicted octanol–water partition coefficient (Wildman–Crippen LogP) is 1.11. The van der Waals surface area contributed by atoms with E-state index in [2.05, 4.69) is 10.3 Å². The van der Waals surface area contributed by atoms with Crippen LogP contribution in [0.5, 0.6) is 0 Å². The second-order valence-electron chi connectivity index (χ2n) is 4.71. The third kappa shape index (κ3) is 2.67. The lowest BCUT2D eigenvalue weighted by Gasteiger charge is -2.18. The van der Waals surface area contributed by atoms with Gasteiger partial charge in [-0.2, -0.15) is 13.2 Å². The second-order valence-corrected chi connectivity index (χ2v) is 4.71. The Hall–Kier alpha value is -1.08. The van der Waals surface area contributed by atoms with Crippen LogP contribution in [-0.2, 0) is 25.7 Å². The third-order valence-electron chi connectivity index (χ3n) is 3.01. The molecule has 18 heavy (non-hydrogen) atoms. The maximum Gasteiger partial charge on any atom is 0.449 e. The van der Waals surface area contributed by atoms with Crippen molar-refractivity contribution in [2.45, 2.75) is 25.7 Å². The molecule has 0 spiro atoms. The average Bonchev–Trinajstić information content (AvgIpc) is 2.64. The van der Waals surface area contributed by atoms with Crippen LogP contribution in [-0.4, -0.2) is 41.6 Å². The predicted molar refractivity (Wildman–Crippen MR) is 61.2 cm³/mol. The molecule has 1 aliphatic rings. The van der Waals surface area contributed by atoms with Crippen molar-refractivity contribution in [3.8, 4) is 0 Å². The van der Waals surface area contributed by atoms with E-state index in [0.29, 0.717) is 38.3 Å². The van der Waals surface area contributed by atoms with E-state index in [0.717, 1.165) is 5.69 Å². The number of hydrogen-bond acceptors (Lipinski definition) is 3. The van der Waals surface area contributed by atoms with Gasteiger partial charge < -0.3 is 14.8 Å². The van der Waals surface area contributed by atoms with Crippen LogP contribution in [0.2, 0.25) is 0 Å². The first-order valence-electron chi connectivity index (χ1n) is 5.90. The molecule has 0 saturated heterocycles. The number of likely N-dealkylation sites (N-methyl/N-ethyl adjacent to an activating group) is 1. The molecule has 1 aromatic heterocycles. The van der Waals surface area contributed by atoms with E-state index in [-0.39, 0.29) is 0 Å². The Balaban J connectivity index is 2.36. The minimum atomic E-state index is -4.39. The first kappa shape index (κ1) is 13.4. The molecule has 1 N–H and O–H groups in total. The number of rotatable bonds is 3. The van der Waals surface area contributed by atoms with Crippen molar-refractivity contribution in [2.75, 3.05) is 27.2 Å². The third-order valence-corrected chi connectivity index (χ3v) is 3.01. The van der Waals surface area contributed by atoms with Gasteiger partial charge in [-0.3, -0.25) is 0 Å². The number of halogens is 3. The van der Waals surface area contributed by atoms with Crippen LogP contribution in [0, 0.1) is 0 Å². The lowest BCUT2D eigenvalue weighted by Crippen LogP contribution is -2.27. The van der Waals surface area contributed by atoms with Gasteiger partial charge in [0.2, 0.25) is 5.82 Å². The molecule has 1 aliphatic heterocycles. The van der Waals surface area contributed by atoms with Gasteiger partial charge in [0.1, 0.15) is 0 Å². The SMILES string of the molecule is CN(C)CCn1c(C(F)(F)F)nc2c1CCNC2. The largest absolute Gasteiger partial charge is 0.449 e. The fourth-order valence-electron chi connectivity index (χ4n) is 2.13. The fourth-order valence-corrected chi connectivity index (χ4v) is 2.13. The standard InChI is InChI=1S/C11H17F3N4/c1-17(2)5-6-18-9-3-4-15-7-8(9)16-10(18)11(12,13)14/h15H,3-7H2,1-2H3. The van der Waals surface area contributed by atoms with Crippen LogP contribution in [0.4, 0.5) is 13.2 Å². The van der Waals surface area contributed by atoms with Crippen LogP contribution in [0.25, 0.3) is 0 Å². The Morgan fingerprint density at radius 2 is 2.11 bits per heavy atom. The zero-order valence-corrected chi connectivity index (χ0v) is 10.5. The van der Waals surface area contributed by atoms with Crippen molar-refractivity contribution in [1.29, 1.82) is 0 Å². The van der Waals surface area contributed by atoms with Crippen LogP contribution in [0.1, 0.15) is 17.2 Å². The molecule has 0 amide bonds. The molecule has 102 valence electrons. The maximum absolute atomic E-state index is 12.9. The van der Waals surface area contributed by atoms with Crippen LogP contribution >= 0.6 is 0 Å². The van der Waals surface area contributed by atoms with Gasteiger partial charge in [-0.15, -0.1) is 0 Å². The lowest BCUT2D eigenvalue weighted by atomic mass is 10.2. The van der Waals surface area contributed by atoms with Gasteiger partial charge in [-0.05, 0) is 14.1 Å². The minimum absolute atomic E-state index is 0.324. The normalized spacial score (nSPS) is 16.1. The molecule has 0 unspecified atom stereocenters. The Morgan fingerprint density at radius 1 is 1.39 bits per heavy atom. The Labute approximate surface area is 104 Å². The first-order chi connectivity index (χ1) is 8.39. The van der Waals surface area contributed by atoms with Crippen molar-refractivity contribution < 1.29 is 13.2 Å². The van der Waals surface area contributed by atoms with Crippen LogP contribution < -0.4 is 5.32 Å². The van der Waals surface area contributed by atoms with Crippen molar-refractivity contribution in [2.24, 2.45) is 0 Å². The summed E-state index contributed by atoms with van der Waals surface area (Å²) in [5, 5.41) is 3.04. The van der Waals surface area contributed by atoms with Crippen molar-refractivity contribution >= 4 is 0 Å². The summed E-state index contributed by atoms with van der Waals surface area (Å²) in [6.45, 7) is 2.02. The Morgan fingerprint density at radius 3 is 2.72 bits per heavy atom. The van der Waals surface area contributed by atoms with Gasteiger partial charge in [0.15, 0.2) is 0 Å². The van der Waals surface area contributed by atoms with Gasteiger partial charge >= 0.3 is 6.18 Å². The summed E-state index contributed by atoms with van der Waals surface area (Å²) in [5.41, 5.74) is 1.26. The zero-order valence-electron chi connectivity index (χ0n) is 10.5. The number of nitrogens with one attached hydrogen (secondary N) is 1. The molecule has 1 aromatic rings. The zero-order chi connectivity index (χ0) is 13.3. The number of aromatic nitrogens is 2. The number of fused-ring (bicyclic) bond motifs is 1. The summed E-state index contributed by atoms with van der Waals surface area (Å²) in [5.74, 6) is -0.766. The van der Waals surface area contributed by atoms with Gasteiger partial charge in [0.05, 0.1) is 5.69 Å². The highest BCUT2D eigenvalue weighted by atomic mass is 19.4. The highest BCUT2D eigenvalue weighted by molar-refractivity contribution is 5.21. The number of alkyl halides is 3. The molecule has 0 aromatic carbocycles. The van der Waals surface area contributed by atoms with E-state index >= 15 is 0 Å². The molecule has 0 radical (unpaired) electrons. The molecule has 0 fully saturated rings. The fraction of sp³-hybridized carbons (Fsp3) is 0.727. The second kappa shape index (κ2) is 4.89. The monoisotopic (exact) mass is 262 g/mol. The number of hydrogen-bond donors (Lipinski definition) is 1. The number of nitrogens with zero attached hydrogens (tertiary/aromatic N) is 3. The van der Waals surface area contributed by atoms with Gasteiger partial charge in [0.25, 0.3) is 0 Å². The summed E-state index contributed by atoms with van der Waals surface area (Å²) in [7, 11) is 3.69. The van der Waals surface area contributed by atoms with Crippen molar-refractivity contribution in [3.05, 3.63) is 17.2 Å². The van der Waals surface area contributed by atoms with Gasteiger partial charge in [-0.1, -0.05) is 0 Å². The summed E-state index contributed by atoms with van der Waals surface area (Å²) >= 11 is 0. The lowest BCUT2D eigenvalue weighted by molar-refractivity contribution is -0.147. The van der Waals surface area contributed by atoms with E-state index in [9.17, 15) is 13.2 Å². The van der Waals surface area contributed by atoms with Crippen molar-refractivity contribution in [1.82, 2.24) is 19.8 Å². The molecule has 2 rings (SSSR count). The van der Waals surface area contributed by atoms with Crippen LogP contribution in [0.3, 0.4) is 0 Å². The van der Waals surface area contributed by atoms with E-state index in [1.54, 1.807) is 0 Å². The van der Waals surface area contributed by atoms with Gasteiger partial charge in [-0.25, -0.2) is 4.98 Å². The first-order valence-corrected chi connectivity index (χ1v) is 5.90. The topological polar surface area (TPSA) is 33.1 Å². The summed E-state index contributed by atoms with van der Waals surface area (Å²) in [4.78, 5) is 5.63. The molecular formula is C11H17F3N4. The quantitative estimate of drug-likeness (QED) is 0.886. The molecule has 4 nitrogen and oxygen atoms in total. The number of imidazole rings is 1. The van der Waals surface area contributed by atoms with E-state index in [1.165, 1.54) is 4.57 Å².